The molecule has 15 heavy (non-hydrogen) atoms. The molecule has 0 heterocycles. The lowest BCUT2D eigenvalue weighted by Crippen LogP contribution is -2.19. The summed E-state index contributed by atoms with van der Waals surface area (Å²) in [5, 5.41) is 0. The Labute approximate surface area is 93.9 Å². The first-order chi connectivity index (χ1) is 7.09. The van der Waals surface area contributed by atoms with Crippen LogP contribution in [0.5, 0.6) is 0 Å². The van der Waals surface area contributed by atoms with E-state index in [4.69, 9.17) is 0 Å². The van der Waals surface area contributed by atoms with E-state index in [1.165, 1.54) is 31.3 Å². The normalized spacial score (nSPS) is 20.5. The van der Waals surface area contributed by atoms with Crippen LogP contribution < -0.4 is 0 Å². The highest BCUT2D eigenvalue weighted by Crippen LogP contribution is 2.39. The Balaban J connectivity index is 2.59. The first kappa shape index (κ1) is 12.5. The number of rotatable bonds is 5. The fraction of sp³-hybridized carbons (Fsp3) is 0.786. The van der Waals surface area contributed by atoms with E-state index in [1.54, 1.807) is 0 Å². The molecular formula is C14H24O. The van der Waals surface area contributed by atoms with Crippen molar-refractivity contribution in [3.63, 3.8) is 0 Å². The van der Waals surface area contributed by atoms with Gasteiger partial charge in [-0.1, -0.05) is 39.2 Å². The van der Waals surface area contributed by atoms with E-state index in [0.717, 1.165) is 31.1 Å². The molecule has 0 fully saturated rings. The zero-order chi connectivity index (χ0) is 11.3. The Bertz CT molecular complexity index is 248. The number of carbonyl (C=O) groups is 1. The van der Waals surface area contributed by atoms with Gasteiger partial charge >= 0.3 is 0 Å². The molecule has 0 saturated carbocycles. The summed E-state index contributed by atoms with van der Waals surface area (Å²) in [5.41, 5.74) is 2.88. The van der Waals surface area contributed by atoms with Gasteiger partial charge < -0.3 is 0 Å². The molecule has 0 saturated heterocycles. The molecule has 1 heteroatoms. The summed E-state index contributed by atoms with van der Waals surface area (Å²) in [5.74, 6) is 0. The first-order valence-corrected chi connectivity index (χ1v) is 6.25. The van der Waals surface area contributed by atoms with Gasteiger partial charge in [0.15, 0.2) is 0 Å². The van der Waals surface area contributed by atoms with Crippen LogP contribution in [0.25, 0.3) is 0 Å². The lowest BCUT2D eigenvalue weighted by Gasteiger charge is -2.31. The maximum Gasteiger partial charge on any atom is 0.145 e. The number of hydrogen-bond acceptors (Lipinski definition) is 1. The van der Waals surface area contributed by atoms with Crippen LogP contribution in [0.3, 0.4) is 0 Å². The van der Waals surface area contributed by atoms with Gasteiger partial charge in [-0.15, -0.1) is 0 Å². The van der Waals surface area contributed by atoms with Crippen molar-refractivity contribution in [2.45, 2.75) is 65.7 Å². The van der Waals surface area contributed by atoms with Gasteiger partial charge in [-0.25, -0.2) is 0 Å². The minimum absolute atomic E-state index is 0.338. The minimum atomic E-state index is 0.338. The number of unbranched alkanes of at least 4 members (excludes halogenated alkanes) is 2. The maximum absolute atomic E-state index is 11.0. The molecule has 0 aromatic carbocycles. The third-order valence-electron chi connectivity index (χ3n) is 3.45. The lowest BCUT2D eigenvalue weighted by atomic mass is 9.74. The van der Waals surface area contributed by atoms with E-state index in [1.807, 2.05) is 0 Å². The second kappa shape index (κ2) is 5.48. The Morgan fingerprint density at radius 3 is 2.67 bits per heavy atom. The van der Waals surface area contributed by atoms with Crippen molar-refractivity contribution in [1.82, 2.24) is 0 Å². The van der Waals surface area contributed by atoms with Crippen molar-refractivity contribution in [3.05, 3.63) is 11.1 Å². The van der Waals surface area contributed by atoms with Crippen LogP contribution in [-0.2, 0) is 4.79 Å². The Morgan fingerprint density at radius 1 is 1.33 bits per heavy atom. The highest BCUT2D eigenvalue weighted by molar-refractivity contribution is 5.75. The largest absolute Gasteiger partial charge is 0.298 e. The van der Waals surface area contributed by atoms with Crippen molar-refractivity contribution in [3.8, 4) is 0 Å². The molecular weight excluding hydrogens is 184 g/mol. The number of aldehydes is 1. The summed E-state index contributed by atoms with van der Waals surface area (Å²) in [4.78, 5) is 11.0. The van der Waals surface area contributed by atoms with Crippen LogP contribution in [0.4, 0.5) is 0 Å². The van der Waals surface area contributed by atoms with Gasteiger partial charge in [-0.3, -0.25) is 4.79 Å². The first-order valence-electron chi connectivity index (χ1n) is 6.25. The summed E-state index contributed by atoms with van der Waals surface area (Å²) in [6.45, 7) is 6.75. The molecule has 1 rings (SSSR count). The molecule has 1 aliphatic carbocycles. The molecule has 0 spiro atoms. The topological polar surface area (TPSA) is 17.1 Å². The molecule has 0 atom stereocenters. The van der Waals surface area contributed by atoms with Gasteiger partial charge in [0.1, 0.15) is 6.29 Å². The standard InChI is InChI=1S/C14H24O/c1-4-5-6-7-12-8-9-14(2,3)10-13(12)11-15/h11H,4-10H2,1-3H3. The van der Waals surface area contributed by atoms with E-state index in [-0.39, 0.29) is 0 Å². The molecule has 0 amide bonds. The van der Waals surface area contributed by atoms with Crippen molar-refractivity contribution < 1.29 is 4.79 Å². The summed E-state index contributed by atoms with van der Waals surface area (Å²) in [6, 6.07) is 0. The SMILES string of the molecule is CCCCCC1=C(C=O)CC(C)(C)CC1. The zero-order valence-electron chi connectivity index (χ0n) is 10.4. The van der Waals surface area contributed by atoms with Gasteiger partial charge in [0.05, 0.1) is 0 Å². The summed E-state index contributed by atoms with van der Waals surface area (Å²) < 4.78 is 0. The molecule has 0 N–H and O–H groups in total. The van der Waals surface area contributed by atoms with Crippen molar-refractivity contribution in [2.24, 2.45) is 5.41 Å². The summed E-state index contributed by atoms with van der Waals surface area (Å²) in [7, 11) is 0. The number of hydrogen-bond donors (Lipinski definition) is 0. The average Bonchev–Trinajstić information content (AvgIpc) is 2.20. The monoisotopic (exact) mass is 208 g/mol. The second-order valence-corrected chi connectivity index (χ2v) is 5.54. The molecule has 0 aromatic heterocycles. The number of allylic oxidation sites excluding steroid dienone is 2. The van der Waals surface area contributed by atoms with Crippen molar-refractivity contribution in [1.29, 1.82) is 0 Å². The Kier molecular flexibility index (Phi) is 4.56. The highest BCUT2D eigenvalue weighted by Gasteiger charge is 2.26. The van der Waals surface area contributed by atoms with Crippen molar-refractivity contribution >= 4 is 6.29 Å². The van der Waals surface area contributed by atoms with Crippen LogP contribution in [0, 0.1) is 5.41 Å². The molecule has 0 radical (unpaired) electrons. The molecule has 0 aromatic rings. The smallest absolute Gasteiger partial charge is 0.145 e. The summed E-state index contributed by atoms with van der Waals surface area (Å²) in [6.07, 6.45) is 9.42. The van der Waals surface area contributed by atoms with E-state index in [9.17, 15) is 4.79 Å². The van der Waals surface area contributed by atoms with Crippen LogP contribution >= 0.6 is 0 Å². The van der Waals surface area contributed by atoms with Gasteiger partial charge in [0.25, 0.3) is 0 Å². The van der Waals surface area contributed by atoms with Crippen LogP contribution in [-0.4, -0.2) is 6.29 Å². The highest BCUT2D eigenvalue weighted by atomic mass is 16.1. The van der Waals surface area contributed by atoms with Gasteiger partial charge in [-0.2, -0.15) is 0 Å². The third kappa shape index (κ3) is 3.81. The second-order valence-electron chi connectivity index (χ2n) is 5.54. The predicted octanol–water partition coefficient (Wildman–Crippen LogP) is 4.27. The Hall–Kier alpha value is -0.590. The Morgan fingerprint density at radius 2 is 2.07 bits per heavy atom. The van der Waals surface area contributed by atoms with Gasteiger partial charge in [0, 0.05) is 0 Å². The van der Waals surface area contributed by atoms with E-state index in [0.29, 0.717) is 5.41 Å². The van der Waals surface area contributed by atoms with Crippen molar-refractivity contribution in [2.75, 3.05) is 0 Å². The quantitative estimate of drug-likeness (QED) is 0.487. The minimum Gasteiger partial charge on any atom is -0.298 e. The maximum atomic E-state index is 11.0. The van der Waals surface area contributed by atoms with Crippen LogP contribution in [0.2, 0.25) is 0 Å². The molecule has 1 aliphatic rings. The zero-order valence-corrected chi connectivity index (χ0v) is 10.4. The van der Waals surface area contributed by atoms with E-state index >= 15 is 0 Å². The molecule has 86 valence electrons. The summed E-state index contributed by atoms with van der Waals surface area (Å²) >= 11 is 0. The predicted molar refractivity (Wildman–Crippen MR) is 64.9 cm³/mol. The van der Waals surface area contributed by atoms with Crippen LogP contribution in [0.15, 0.2) is 11.1 Å². The molecule has 0 bridgehead atoms. The third-order valence-corrected chi connectivity index (χ3v) is 3.45. The lowest BCUT2D eigenvalue weighted by molar-refractivity contribution is -0.105. The fourth-order valence-electron chi connectivity index (χ4n) is 2.38. The molecule has 1 nitrogen and oxygen atoms in total. The average molecular weight is 208 g/mol. The number of carbonyl (C=O) groups excluding carboxylic acids is 1. The van der Waals surface area contributed by atoms with E-state index < -0.39 is 0 Å². The van der Waals surface area contributed by atoms with Gasteiger partial charge in [0.2, 0.25) is 0 Å². The van der Waals surface area contributed by atoms with E-state index in [2.05, 4.69) is 20.8 Å². The molecule has 0 unspecified atom stereocenters. The van der Waals surface area contributed by atoms with Crippen LogP contribution in [0.1, 0.15) is 65.7 Å². The fourth-order valence-corrected chi connectivity index (χ4v) is 2.38. The van der Waals surface area contributed by atoms with Gasteiger partial charge in [-0.05, 0) is 43.1 Å². The molecule has 0 aliphatic heterocycles.